The summed E-state index contributed by atoms with van der Waals surface area (Å²) in [5, 5.41) is 9.17. The molecule has 5 nitrogen and oxygen atoms in total. The Morgan fingerprint density at radius 2 is 1.54 bits per heavy atom. The van der Waals surface area contributed by atoms with Gasteiger partial charge in [0, 0.05) is 22.8 Å². The summed E-state index contributed by atoms with van der Waals surface area (Å²) in [5.74, 6) is 2.42. The minimum Gasteiger partial charge on any atom is -0.496 e. The third-order valence-electron chi connectivity index (χ3n) is 4.93. The van der Waals surface area contributed by atoms with Crippen LogP contribution in [0.2, 0.25) is 0 Å². The summed E-state index contributed by atoms with van der Waals surface area (Å²) >= 11 is 0. The van der Waals surface area contributed by atoms with Crippen LogP contribution in [0.3, 0.4) is 0 Å². The first-order valence-electron chi connectivity index (χ1n) is 9.83. The lowest BCUT2D eigenvalue weighted by Gasteiger charge is -2.21. The van der Waals surface area contributed by atoms with Crippen LogP contribution in [-0.2, 0) is 0 Å². The van der Waals surface area contributed by atoms with E-state index in [1.165, 1.54) is 0 Å². The molecular weight excluding hydrogens is 352 g/mol. The fourth-order valence-electron chi connectivity index (χ4n) is 3.64. The molecule has 5 heteroatoms. The van der Waals surface area contributed by atoms with E-state index in [0.29, 0.717) is 13.2 Å². The van der Waals surface area contributed by atoms with Gasteiger partial charge in [0.05, 0.1) is 20.3 Å². The molecule has 0 saturated carbocycles. The van der Waals surface area contributed by atoms with Crippen LogP contribution in [0.5, 0.6) is 17.2 Å². The lowest BCUT2D eigenvalue weighted by atomic mass is 9.85. The van der Waals surface area contributed by atoms with Crippen molar-refractivity contribution in [1.29, 1.82) is 0 Å². The molecule has 0 bridgehead atoms. The van der Waals surface area contributed by atoms with E-state index in [2.05, 4.69) is 23.2 Å². The van der Waals surface area contributed by atoms with E-state index in [-0.39, 0.29) is 5.92 Å². The molecule has 1 aliphatic rings. The zero-order valence-corrected chi connectivity index (χ0v) is 17.3. The Balaban J connectivity index is 2.28. The summed E-state index contributed by atoms with van der Waals surface area (Å²) < 4.78 is 17.4. The number of hydrogen-bond donors (Lipinski definition) is 0. The summed E-state index contributed by atoms with van der Waals surface area (Å²) in [6.07, 6.45) is 0.927. The van der Waals surface area contributed by atoms with Crippen molar-refractivity contribution in [2.45, 2.75) is 40.0 Å². The van der Waals surface area contributed by atoms with E-state index in [4.69, 9.17) is 14.2 Å². The van der Waals surface area contributed by atoms with Crippen LogP contribution in [0.4, 0.5) is 0 Å². The topological polar surface area (TPSA) is 52.4 Å². The number of fused-ring (bicyclic) bond motifs is 1. The predicted molar refractivity (Wildman–Crippen MR) is 114 cm³/mol. The Labute approximate surface area is 167 Å². The number of rotatable bonds is 7. The average molecular weight is 380 g/mol. The van der Waals surface area contributed by atoms with E-state index in [9.17, 15) is 0 Å². The van der Waals surface area contributed by atoms with Crippen LogP contribution >= 0.6 is 0 Å². The first kappa shape index (κ1) is 19.9. The molecular formula is C23H28N2O3. The monoisotopic (exact) mass is 380 g/mol. The van der Waals surface area contributed by atoms with Gasteiger partial charge in [-0.2, -0.15) is 5.10 Å². The van der Waals surface area contributed by atoms with Crippen LogP contribution in [0, 0.1) is 0 Å². The van der Waals surface area contributed by atoms with Crippen LogP contribution in [-0.4, -0.2) is 31.7 Å². The second-order valence-corrected chi connectivity index (χ2v) is 6.60. The van der Waals surface area contributed by atoms with Gasteiger partial charge in [0.1, 0.15) is 11.5 Å². The van der Waals surface area contributed by atoms with E-state index >= 15 is 0 Å². The van der Waals surface area contributed by atoms with E-state index in [0.717, 1.165) is 51.8 Å². The van der Waals surface area contributed by atoms with Gasteiger partial charge >= 0.3 is 0 Å². The molecule has 1 atom stereocenters. The third kappa shape index (κ3) is 3.75. The maximum absolute atomic E-state index is 5.88. The number of ether oxygens (including phenoxy) is 3. The van der Waals surface area contributed by atoms with Crippen molar-refractivity contribution in [3.8, 4) is 17.2 Å². The number of nitrogens with zero attached hydrogens (tertiary/aromatic N) is 2. The fraction of sp³-hybridized carbons (Fsp3) is 0.391. The molecule has 1 heterocycles. The lowest BCUT2D eigenvalue weighted by molar-refractivity contribution is 0.287. The molecule has 2 aromatic carbocycles. The van der Waals surface area contributed by atoms with Crippen LogP contribution < -0.4 is 14.2 Å². The molecule has 148 valence electrons. The van der Waals surface area contributed by atoms with Crippen LogP contribution in [0.15, 0.2) is 46.6 Å². The van der Waals surface area contributed by atoms with Crippen molar-refractivity contribution >= 4 is 11.4 Å². The Bertz CT molecular complexity index is 903. The normalized spacial score (nSPS) is 15.8. The summed E-state index contributed by atoms with van der Waals surface area (Å²) in [7, 11) is 1.67. The molecule has 0 aromatic heterocycles. The van der Waals surface area contributed by atoms with Gasteiger partial charge in [0.15, 0.2) is 11.5 Å². The third-order valence-corrected chi connectivity index (χ3v) is 4.93. The van der Waals surface area contributed by atoms with Crippen molar-refractivity contribution in [1.82, 2.24) is 0 Å². The Hall–Kier alpha value is -2.82. The zero-order chi connectivity index (χ0) is 20.1. The molecule has 0 saturated heterocycles. The standard InChI is InChI=1S/C23H28N2O3/c1-6-16-15(4)24-25-23(17-11-9-10-12-20(17)26-5)19-14-22(28-8-3)21(27-7-2)13-18(16)19/h9-14,16H,6-8H2,1-5H3/t16-/m1/s1. The van der Waals surface area contributed by atoms with E-state index in [1.807, 2.05) is 51.1 Å². The Morgan fingerprint density at radius 1 is 0.857 bits per heavy atom. The van der Waals surface area contributed by atoms with Crippen molar-refractivity contribution in [3.63, 3.8) is 0 Å². The van der Waals surface area contributed by atoms with E-state index < -0.39 is 0 Å². The highest BCUT2D eigenvalue weighted by Gasteiger charge is 2.27. The molecule has 0 spiro atoms. The second kappa shape index (κ2) is 8.91. The van der Waals surface area contributed by atoms with Gasteiger partial charge in [-0.3, -0.25) is 0 Å². The number of benzene rings is 2. The second-order valence-electron chi connectivity index (χ2n) is 6.60. The smallest absolute Gasteiger partial charge is 0.161 e. The lowest BCUT2D eigenvalue weighted by Crippen LogP contribution is -2.14. The zero-order valence-electron chi connectivity index (χ0n) is 17.3. The summed E-state index contributed by atoms with van der Waals surface area (Å²) in [6, 6.07) is 12.0. The van der Waals surface area contributed by atoms with Crippen molar-refractivity contribution in [2.24, 2.45) is 10.2 Å². The Kier molecular flexibility index (Phi) is 6.34. The molecule has 0 N–H and O–H groups in total. The molecule has 28 heavy (non-hydrogen) atoms. The van der Waals surface area contributed by atoms with Gasteiger partial charge in [-0.15, -0.1) is 5.10 Å². The molecule has 0 aliphatic carbocycles. The highest BCUT2D eigenvalue weighted by atomic mass is 16.5. The van der Waals surface area contributed by atoms with Gasteiger partial charge in [0.2, 0.25) is 0 Å². The van der Waals surface area contributed by atoms with Gasteiger partial charge in [0.25, 0.3) is 0 Å². The van der Waals surface area contributed by atoms with Crippen molar-refractivity contribution in [2.75, 3.05) is 20.3 Å². The molecule has 0 amide bonds. The summed E-state index contributed by atoms with van der Waals surface area (Å²) in [5.41, 5.74) is 4.83. The average Bonchev–Trinajstić information content (AvgIpc) is 2.84. The minimum atomic E-state index is 0.167. The summed E-state index contributed by atoms with van der Waals surface area (Å²) in [6.45, 7) is 9.29. The van der Waals surface area contributed by atoms with Gasteiger partial charge in [-0.1, -0.05) is 19.1 Å². The first-order valence-corrected chi connectivity index (χ1v) is 9.83. The number of methoxy groups -OCH3 is 1. The van der Waals surface area contributed by atoms with Gasteiger partial charge in [-0.05, 0) is 57.0 Å². The quantitative estimate of drug-likeness (QED) is 0.662. The number of hydrogen-bond acceptors (Lipinski definition) is 5. The van der Waals surface area contributed by atoms with Crippen molar-refractivity contribution in [3.05, 3.63) is 53.1 Å². The van der Waals surface area contributed by atoms with Crippen LogP contribution in [0.1, 0.15) is 56.7 Å². The SMILES string of the molecule is CCOc1cc2c(cc1OCC)[C@H](CC)C(C)=NN=C2c1ccccc1OC. The first-order chi connectivity index (χ1) is 13.6. The van der Waals surface area contributed by atoms with Gasteiger partial charge < -0.3 is 14.2 Å². The minimum absolute atomic E-state index is 0.167. The summed E-state index contributed by atoms with van der Waals surface area (Å²) in [4.78, 5) is 0. The molecule has 0 unspecified atom stereocenters. The van der Waals surface area contributed by atoms with Crippen LogP contribution in [0.25, 0.3) is 0 Å². The molecule has 3 rings (SSSR count). The highest BCUT2D eigenvalue weighted by Crippen LogP contribution is 2.39. The number of para-hydroxylation sites is 1. The molecule has 2 aromatic rings. The van der Waals surface area contributed by atoms with Gasteiger partial charge in [-0.25, -0.2) is 0 Å². The maximum atomic E-state index is 5.88. The van der Waals surface area contributed by atoms with E-state index in [1.54, 1.807) is 7.11 Å². The molecule has 0 fully saturated rings. The fourth-order valence-corrected chi connectivity index (χ4v) is 3.64. The van der Waals surface area contributed by atoms with Crippen molar-refractivity contribution < 1.29 is 14.2 Å². The highest BCUT2D eigenvalue weighted by molar-refractivity contribution is 6.17. The molecule has 1 aliphatic heterocycles. The maximum Gasteiger partial charge on any atom is 0.161 e. The predicted octanol–water partition coefficient (Wildman–Crippen LogP) is 5.21. The molecule has 0 radical (unpaired) electrons. The largest absolute Gasteiger partial charge is 0.496 e. The Morgan fingerprint density at radius 3 is 2.18 bits per heavy atom.